The lowest BCUT2D eigenvalue weighted by molar-refractivity contribution is -0.114. The molecular weight excluding hydrogens is 318 g/mol. The quantitative estimate of drug-likeness (QED) is 0.785. The summed E-state index contributed by atoms with van der Waals surface area (Å²) in [5.74, 6) is 1.05. The predicted molar refractivity (Wildman–Crippen MR) is 93.3 cm³/mol. The van der Waals surface area contributed by atoms with E-state index >= 15 is 0 Å². The van der Waals surface area contributed by atoms with Crippen LogP contribution >= 0.6 is 0 Å². The van der Waals surface area contributed by atoms with E-state index in [2.05, 4.69) is 11.1 Å². The van der Waals surface area contributed by atoms with Gasteiger partial charge in [-0.05, 0) is 29.8 Å². The first-order chi connectivity index (χ1) is 12.3. The van der Waals surface area contributed by atoms with Gasteiger partial charge in [-0.15, -0.1) is 0 Å². The second-order valence-electron chi connectivity index (χ2n) is 5.35. The van der Waals surface area contributed by atoms with E-state index in [1.165, 1.54) is 6.08 Å². The Kier molecular flexibility index (Phi) is 5.27. The van der Waals surface area contributed by atoms with Crippen LogP contribution in [0.3, 0.4) is 0 Å². The van der Waals surface area contributed by atoms with E-state index in [0.717, 1.165) is 5.56 Å². The molecule has 3 rings (SSSR count). The fourth-order valence-corrected chi connectivity index (χ4v) is 2.46. The lowest BCUT2D eigenvalue weighted by Crippen LogP contribution is -2.30. The second kappa shape index (κ2) is 7.97. The Bertz CT molecular complexity index is 812. The maximum Gasteiger partial charge on any atom is 0.251 e. The Morgan fingerprint density at radius 1 is 1.28 bits per heavy atom. The molecule has 2 aromatic rings. The lowest BCUT2D eigenvalue weighted by atomic mass is 10.2. The number of nitrogens with zero attached hydrogens (tertiary/aromatic N) is 3. The molecule has 6 nitrogen and oxygen atoms in total. The summed E-state index contributed by atoms with van der Waals surface area (Å²) in [4.78, 5) is 18.2. The van der Waals surface area contributed by atoms with Crippen LogP contribution in [-0.4, -0.2) is 30.6 Å². The SMILES string of the molecule is N#CCCN(C(=O)C=Cc1cccnc1)c1ccc2c(c1)OCCO2. The van der Waals surface area contributed by atoms with Gasteiger partial charge in [0.05, 0.1) is 12.5 Å². The Balaban J connectivity index is 1.83. The molecule has 1 aromatic heterocycles. The summed E-state index contributed by atoms with van der Waals surface area (Å²) in [6.45, 7) is 1.28. The Morgan fingerprint density at radius 3 is 2.88 bits per heavy atom. The number of aromatic nitrogens is 1. The number of carbonyl (C=O) groups is 1. The van der Waals surface area contributed by atoms with Gasteiger partial charge in [-0.3, -0.25) is 9.78 Å². The van der Waals surface area contributed by atoms with Crippen LogP contribution in [0.5, 0.6) is 11.5 Å². The van der Waals surface area contributed by atoms with Crippen LogP contribution < -0.4 is 14.4 Å². The Labute approximate surface area is 145 Å². The number of benzene rings is 1. The van der Waals surface area contributed by atoms with E-state index in [1.807, 2.05) is 6.07 Å². The number of rotatable bonds is 5. The van der Waals surface area contributed by atoms with Crippen LogP contribution in [0.25, 0.3) is 6.08 Å². The fourth-order valence-electron chi connectivity index (χ4n) is 2.46. The van der Waals surface area contributed by atoms with Crippen molar-refractivity contribution in [3.8, 4) is 17.6 Å². The average molecular weight is 335 g/mol. The molecule has 0 spiro atoms. The Hall–Kier alpha value is -3.33. The van der Waals surface area contributed by atoms with Gasteiger partial charge in [0.25, 0.3) is 5.91 Å². The zero-order valence-electron chi connectivity index (χ0n) is 13.6. The number of amides is 1. The minimum absolute atomic E-state index is 0.212. The van der Waals surface area contributed by atoms with Gasteiger partial charge >= 0.3 is 0 Å². The van der Waals surface area contributed by atoms with Crippen molar-refractivity contribution in [1.29, 1.82) is 5.26 Å². The van der Waals surface area contributed by atoms with Gasteiger partial charge in [-0.25, -0.2) is 0 Å². The molecule has 0 radical (unpaired) electrons. The predicted octanol–water partition coefficient (Wildman–Crippen LogP) is 2.81. The molecular formula is C19H17N3O3. The third-order valence-corrected chi connectivity index (χ3v) is 3.65. The number of carbonyl (C=O) groups excluding carboxylic acids is 1. The molecule has 6 heteroatoms. The number of fused-ring (bicyclic) bond motifs is 1. The fraction of sp³-hybridized carbons (Fsp3) is 0.211. The smallest absolute Gasteiger partial charge is 0.251 e. The third-order valence-electron chi connectivity index (χ3n) is 3.65. The minimum Gasteiger partial charge on any atom is -0.486 e. The monoisotopic (exact) mass is 335 g/mol. The molecule has 0 saturated carbocycles. The minimum atomic E-state index is -0.212. The van der Waals surface area contributed by atoms with Gasteiger partial charge in [0.1, 0.15) is 13.2 Å². The molecule has 1 aromatic carbocycles. The highest BCUT2D eigenvalue weighted by Crippen LogP contribution is 2.34. The summed E-state index contributed by atoms with van der Waals surface area (Å²) in [6, 6.07) is 11.1. The molecule has 0 fully saturated rings. The van der Waals surface area contributed by atoms with Crippen LogP contribution in [0.1, 0.15) is 12.0 Å². The zero-order valence-corrected chi connectivity index (χ0v) is 13.6. The first-order valence-corrected chi connectivity index (χ1v) is 7.94. The molecule has 2 heterocycles. The number of hydrogen-bond donors (Lipinski definition) is 0. The highest BCUT2D eigenvalue weighted by Gasteiger charge is 2.18. The van der Waals surface area contributed by atoms with E-state index in [9.17, 15) is 4.79 Å². The summed E-state index contributed by atoms with van der Waals surface area (Å²) in [5, 5.41) is 8.88. The average Bonchev–Trinajstić information content (AvgIpc) is 2.67. The van der Waals surface area contributed by atoms with Gasteiger partial charge < -0.3 is 14.4 Å². The number of anilines is 1. The van der Waals surface area contributed by atoms with Crippen molar-refractivity contribution in [2.75, 3.05) is 24.7 Å². The van der Waals surface area contributed by atoms with E-state index in [1.54, 1.807) is 47.6 Å². The van der Waals surface area contributed by atoms with Crippen molar-refractivity contribution in [3.63, 3.8) is 0 Å². The van der Waals surface area contributed by atoms with Crippen LogP contribution in [0.2, 0.25) is 0 Å². The maximum absolute atomic E-state index is 12.6. The number of nitriles is 1. The van der Waals surface area contributed by atoms with Crippen LogP contribution in [0.4, 0.5) is 5.69 Å². The lowest BCUT2D eigenvalue weighted by Gasteiger charge is -2.24. The first kappa shape index (κ1) is 16.5. The number of pyridine rings is 1. The standard InChI is InChI=1S/C19H17N3O3/c20-8-2-10-22(19(23)7-4-15-3-1-9-21-14-15)16-5-6-17-18(13-16)25-12-11-24-17/h1,3-7,9,13-14H,2,10-12H2. The third kappa shape index (κ3) is 4.15. The van der Waals surface area contributed by atoms with E-state index in [-0.39, 0.29) is 12.3 Å². The molecule has 0 atom stereocenters. The number of hydrogen-bond acceptors (Lipinski definition) is 5. The molecule has 1 aliphatic rings. The highest BCUT2D eigenvalue weighted by molar-refractivity contribution is 6.04. The zero-order chi connectivity index (χ0) is 17.5. The van der Waals surface area contributed by atoms with Crippen molar-refractivity contribution < 1.29 is 14.3 Å². The van der Waals surface area contributed by atoms with Gasteiger partial charge in [-0.1, -0.05) is 6.07 Å². The van der Waals surface area contributed by atoms with Gasteiger partial charge in [0, 0.05) is 36.8 Å². The normalized spacial score (nSPS) is 12.6. The number of ether oxygens (including phenoxy) is 2. The summed E-state index contributed by atoms with van der Waals surface area (Å²) < 4.78 is 11.1. The largest absolute Gasteiger partial charge is 0.486 e. The van der Waals surface area contributed by atoms with Crippen LogP contribution in [-0.2, 0) is 4.79 Å². The van der Waals surface area contributed by atoms with Crippen molar-refractivity contribution in [2.45, 2.75) is 6.42 Å². The van der Waals surface area contributed by atoms with E-state index in [4.69, 9.17) is 14.7 Å². The van der Waals surface area contributed by atoms with Crippen molar-refractivity contribution >= 4 is 17.7 Å². The molecule has 0 unspecified atom stereocenters. The van der Waals surface area contributed by atoms with E-state index < -0.39 is 0 Å². The molecule has 1 amide bonds. The van der Waals surface area contributed by atoms with Crippen molar-refractivity contribution in [1.82, 2.24) is 4.98 Å². The molecule has 0 aliphatic carbocycles. The second-order valence-corrected chi connectivity index (χ2v) is 5.35. The van der Waals surface area contributed by atoms with Gasteiger partial charge in [0.15, 0.2) is 11.5 Å². The first-order valence-electron chi connectivity index (χ1n) is 7.94. The maximum atomic E-state index is 12.6. The highest BCUT2D eigenvalue weighted by atomic mass is 16.6. The summed E-state index contributed by atoms with van der Waals surface area (Å²) in [6.07, 6.45) is 6.76. The summed E-state index contributed by atoms with van der Waals surface area (Å²) >= 11 is 0. The topological polar surface area (TPSA) is 75.5 Å². The van der Waals surface area contributed by atoms with Gasteiger partial charge in [0.2, 0.25) is 0 Å². The molecule has 126 valence electrons. The summed E-state index contributed by atoms with van der Waals surface area (Å²) in [7, 11) is 0. The molecule has 0 N–H and O–H groups in total. The molecule has 0 saturated heterocycles. The Morgan fingerprint density at radius 2 is 2.12 bits per heavy atom. The molecule has 0 bridgehead atoms. The van der Waals surface area contributed by atoms with E-state index in [0.29, 0.717) is 36.9 Å². The van der Waals surface area contributed by atoms with Gasteiger partial charge in [-0.2, -0.15) is 5.26 Å². The molecule has 1 aliphatic heterocycles. The van der Waals surface area contributed by atoms with Crippen molar-refractivity contribution in [3.05, 3.63) is 54.4 Å². The van der Waals surface area contributed by atoms with Crippen LogP contribution in [0, 0.1) is 11.3 Å². The van der Waals surface area contributed by atoms with Crippen molar-refractivity contribution in [2.24, 2.45) is 0 Å². The summed E-state index contributed by atoms with van der Waals surface area (Å²) in [5.41, 5.74) is 1.50. The molecule has 25 heavy (non-hydrogen) atoms. The van der Waals surface area contributed by atoms with Crippen LogP contribution in [0.15, 0.2) is 48.8 Å².